The number of ether oxygens (including phenoxy) is 2. The lowest BCUT2D eigenvalue weighted by Gasteiger charge is -2.32. The van der Waals surface area contributed by atoms with Crippen LogP contribution in [0, 0.1) is 0 Å². The largest absolute Gasteiger partial charge is 0.497 e. The first kappa shape index (κ1) is 22.0. The van der Waals surface area contributed by atoms with Gasteiger partial charge in [-0.25, -0.2) is 4.79 Å². The Morgan fingerprint density at radius 2 is 1.97 bits per heavy atom. The van der Waals surface area contributed by atoms with Crippen LogP contribution >= 0.6 is 11.3 Å². The second kappa shape index (κ2) is 10.9. The molecule has 0 aliphatic carbocycles. The minimum Gasteiger partial charge on any atom is -0.497 e. The number of aliphatic imine (C=N–C) groups is 1. The normalized spacial score (nSPS) is 15.0. The molecular formula is C22H30N4O3S. The van der Waals surface area contributed by atoms with Crippen molar-refractivity contribution in [2.75, 3.05) is 33.9 Å². The van der Waals surface area contributed by atoms with Gasteiger partial charge in [0.25, 0.3) is 0 Å². The minimum absolute atomic E-state index is 0.219. The highest BCUT2D eigenvalue weighted by atomic mass is 32.1. The number of benzene rings is 1. The van der Waals surface area contributed by atoms with Crippen molar-refractivity contribution in [2.24, 2.45) is 4.99 Å². The maximum absolute atomic E-state index is 11.8. The van der Waals surface area contributed by atoms with Crippen LogP contribution in [0.15, 0.2) is 40.7 Å². The first-order valence-corrected chi connectivity index (χ1v) is 11.1. The van der Waals surface area contributed by atoms with E-state index in [0.29, 0.717) is 32.3 Å². The fourth-order valence-corrected chi connectivity index (χ4v) is 4.22. The quantitative estimate of drug-likeness (QED) is 0.540. The predicted octanol–water partition coefficient (Wildman–Crippen LogP) is 3.71. The van der Waals surface area contributed by atoms with Crippen molar-refractivity contribution >= 4 is 23.4 Å². The number of rotatable bonds is 6. The fraction of sp³-hybridized carbons (Fsp3) is 0.455. The molecule has 30 heavy (non-hydrogen) atoms. The van der Waals surface area contributed by atoms with E-state index in [1.807, 2.05) is 19.1 Å². The molecule has 0 radical (unpaired) electrons. The maximum Gasteiger partial charge on any atom is 0.409 e. The van der Waals surface area contributed by atoms with Crippen molar-refractivity contribution in [3.8, 4) is 16.9 Å². The maximum atomic E-state index is 11.8. The Morgan fingerprint density at radius 3 is 2.60 bits per heavy atom. The molecule has 1 aliphatic rings. The SMILES string of the molecule is CCOC(=O)N1CCC(NC(=NC)NCc2cc(-c3ccc(OC)cc3)cs2)CC1. The molecule has 1 saturated heterocycles. The fourth-order valence-electron chi connectivity index (χ4n) is 3.39. The number of nitrogens with zero attached hydrogens (tertiary/aromatic N) is 2. The van der Waals surface area contributed by atoms with Crippen molar-refractivity contribution < 1.29 is 14.3 Å². The lowest BCUT2D eigenvalue weighted by atomic mass is 10.1. The van der Waals surface area contributed by atoms with E-state index in [1.54, 1.807) is 30.4 Å². The van der Waals surface area contributed by atoms with Gasteiger partial charge in [0, 0.05) is 31.1 Å². The average molecular weight is 431 g/mol. The molecule has 3 rings (SSSR count). The summed E-state index contributed by atoms with van der Waals surface area (Å²) in [5, 5.41) is 9.03. The highest BCUT2D eigenvalue weighted by Gasteiger charge is 2.24. The van der Waals surface area contributed by atoms with E-state index in [1.165, 1.54) is 16.0 Å². The number of methoxy groups -OCH3 is 1. The first-order valence-electron chi connectivity index (χ1n) is 10.2. The number of amides is 1. The Morgan fingerprint density at radius 1 is 1.23 bits per heavy atom. The molecule has 2 N–H and O–H groups in total. The third-order valence-corrected chi connectivity index (χ3v) is 6.03. The zero-order valence-electron chi connectivity index (χ0n) is 17.8. The molecule has 162 valence electrons. The Hall–Kier alpha value is -2.74. The second-order valence-electron chi connectivity index (χ2n) is 7.06. The van der Waals surface area contributed by atoms with E-state index >= 15 is 0 Å². The van der Waals surface area contributed by atoms with Crippen molar-refractivity contribution in [3.63, 3.8) is 0 Å². The second-order valence-corrected chi connectivity index (χ2v) is 8.06. The summed E-state index contributed by atoms with van der Waals surface area (Å²) in [4.78, 5) is 19.2. The van der Waals surface area contributed by atoms with Gasteiger partial charge in [-0.1, -0.05) is 12.1 Å². The molecule has 1 fully saturated rings. The van der Waals surface area contributed by atoms with Gasteiger partial charge in [-0.15, -0.1) is 11.3 Å². The highest BCUT2D eigenvalue weighted by molar-refractivity contribution is 7.10. The molecule has 0 spiro atoms. The summed E-state index contributed by atoms with van der Waals surface area (Å²) in [6.45, 7) is 4.35. The molecular weight excluding hydrogens is 400 g/mol. The van der Waals surface area contributed by atoms with Crippen molar-refractivity contribution in [1.82, 2.24) is 15.5 Å². The van der Waals surface area contributed by atoms with Gasteiger partial charge >= 0.3 is 6.09 Å². The molecule has 8 heteroatoms. The summed E-state index contributed by atoms with van der Waals surface area (Å²) < 4.78 is 10.3. The Kier molecular flexibility index (Phi) is 7.96. The molecule has 1 aliphatic heterocycles. The molecule has 2 heterocycles. The van der Waals surface area contributed by atoms with Crippen molar-refractivity contribution in [1.29, 1.82) is 0 Å². The van der Waals surface area contributed by atoms with Crippen LogP contribution in [0.2, 0.25) is 0 Å². The lowest BCUT2D eigenvalue weighted by molar-refractivity contribution is 0.0963. The summed E-state index contributed by atoms with van der Waals surface area (Å²) >= 11 is 1.73. The first-order chi connectivity index (χ1) is 14.6. The monoisotopic (exact) mass is 430 g/mol. The Balaban J connectivity index is 1.47. The number of piperidine rings is 1. The van der Waals surface area contributed by atoms with Crippen LogP contribution in [0.5, 0.6) is 5.75 Å². The number of guanidine groups is 1. The zero-order chi connectivity index (χ0) is 21.3. The number of carbonyl (C=O) groups excluding carboxylic acids is 1. The van der Waals surface area contributed by atoms with E-state index in [2.05, 4.69) is 39.2 Å². The zero-order valence-corrected chi connectivity index (χ0v) is 18.6. The van der Waals surface area contributed by atoms with Gasteiger partial charge in [0.2, 0.25) is 0 Å². The molecule has 0 unspecified atom stereocenters. The van der Waals surface area contributed by atoms with Crippen LogP contribution in [0.4, 0.5) is 4.79 Å². The van der Waals surface area contributed by atoms with Crippen LogP contribution in [-0.4, -0.2) is 56.8 Å². The molecule has 0 saturated carbocycles. The third-order valence-electron chi connectivity index (χ3n) is 5.09. The van der Waals surface area contributed by atoms with E-state index in [9.17, 15) is 4.79 Å². The molecule has 1 aromatic heterocycles. The number of carbonyl (C=O) groups is 1. The van der Waals surface area contributed by atoms with E-state index in [4.69, 9.17) is 9.47 Å². The molecule has 2 aromatic rings. The van der Waals surface area contributed by atoms with E-state index in [-0.39, 0.29) is 6.09 Å². The van der Waals surface area contributed by atoms with Gasteiger partial charge in [-0.3, -0.25) is 4.99 Å². The summed E-state index contributed by atoms with van der Waals surface area (Å²) in [7, 11) is 3.45. The van der Waals surface area contributed by atoms with Gasteiger partial charge in [0.05, 0.1) is 20.3 Å². The number of hydrogen-bond acceptors (Lipinski definition) is 5. The molecule has 1 amide bonds. The molecule has 0 atom stereocenters. The molecule has 1 aromatic carbocycles. The summed E-state index contributed by atoms with van der Waals surface area (Å²) in [5.74, 6) is 1.64. The molecule has 7 nitrogen and oxygen atoms in total. The summed E-state index contributed by atoms with van der Waals surface area (Å²) in [6, 6.07) is 10.6. The lowest BCUT2D eigenvalue weighted by Crippen LogP contribution is -2.49. The standard InChI is InChI=1S/C22H30N4O3S/c1-4-29-22(27)26-11-9-18(10-12-26)25-21(23-2)24-14-20-13-17(15-30-20)16-5-7-19(28-3)8-6-16/h5-8,13,15,18H,4,9-12,14H2,1-3H3,(H2,23,24,25). The molecule has 0 bridgehead atoms. The summed E-state index contributed by atoms with van der Waals surface area (Å²) in [5.41, 5.74) is 2.38. The average Bonchev–Trinajstić information content (AvgIpc) is 3.26. The van der Waals surface area contributed by atoms with Crippen LogP contribution in [0.1, 0.15) is 24.6 Å². The van der Waals surface area contributed by atoms with Crippen molar-refractivity contribution in [2.45, 2.75) is 32.4 Å². The minimum atomic E-state index is -0.219. The van der Waals surface area contributed by atoms with Crippen LogP contribution in [-0.2, 0) is 11.3 Å². The topological polar surface area (TPSA) is 75.2 Å². The van der Waals surface area contributed by atoms with Gasteiger partial charge < -0.3 is 25.0 Å². The summed E-state index contributed by atoms with van der Waals surface area (Å²) in [6.07, 6.45) is 1.53. The number of thiophene rings is 1. The van der Waals surface area contributed by atoms with Gasteiger partial charge in [-0.2, -0.15) is 0 Å². The van der Waals surface area contributed by atoms with Gasteiger partial charge in [0.15, 0.2) is 5.96 Å². The smallest absolute Gasteiger partial charge is 0.409 e. The van der Waals surface area contributed by atoms with E-state index < -0.39 is 0 Å². The number of nitrogens with one attached hydrogen (secondary N) is 2. The number of hydrogen-bond donors (Lipinski definition) is 2. The predicted molar refractivity (Wildman–Crippen MR) is 121 cm³/mol. The number of likely N-dealkylation sites (tertiary alicyclic amines) is 1. The highest BCUT2D eigenvalue weighted by Crippen LogP contribution is 2.27. The van der Waals surface area contributed by atoms with Crippen LogP contribution in [0.25, 0.3) is 11.1 Å². The van der Waals surface area contributed by atoms with E-state index in [0.717, 1.165) is 24.6 Å². The van der Waals surface area contributed by atoms with Crippen LogP contribution in [0.3, 0.4) is 0 Å². The van der Waals surface area contributed by atoms with Crippen molar-refractivity contribution in [3.05, 3.63) is 40.6 Å². The van der Waals surface area contributed by atoms with Crippen LogP contribution < -0.4 is 15.4 Å². The van der Waals surface area contributed by atoms with Gasteiger partial charge in [-0.05, 0) is 54.5 Å². The Labute approximate surface area is 182 Å². The third kappa shape index (κ3) is 5.89. The van der Waals surface area contributed by atoms with Gasteiger partial charge in [0.1, 0.15) is 5.75 Å². The Bertz CT molecular complexity index is 842.